The van der Waals surface area contributed by atoms with Crippen molar-refractivity contribution in [3.63, 3.8) is 0 Å². The quantitative estimate of drug-likeness (QED) is 0.751. The Morgan fingerprint density at radius 1 is 1.69 bits per heavy atom. The van der Waals surface area contributed by atoms with E-state index < -0.39 is 6.10 Å². The minimum absolute atomic E-state index is 0.257. The molecule has 90 valence electrons. The number of nitrogens with one attached hydrogen (secondary N) is 1. The molecule has 5 heteroatoms. The van der Waals surface area contributed by atoms with Gasteiger partial charge < -0.3 is 19.6 Å². The highest BCUT2D eigenvalue weighted by molar-refractivity contribution is 5.92. The van der Waals surface area contributed by atoms with E-state index in [9.17, 15) is 9.90 Å². The van der Waals surface area contributed by atoms with Crippen LogP contribution in [0.1, 0.15) is 22.5 Å². The molecule has 2 N–H and O–H groups in total. The second-order valence-electron chi connectivity index (χ2n) is 3.59. The van der Waals surface area contributed by atoms with Crippen LogP contribution < -0.4 is 5.32 Å². The molecule has 1 rings (SSSR count). The van der Waals surface area contributed by atoms with Gasteiger partial charge in [-0.2, -0.15) is 0 Å². The first-order valence-corrected chi connectivity index (χ1v) is 5.14. The summed E-state index contributed by atoms with van der Waals surface area (Å²) in [6.07, 6.45) is 1.38. The minimum atomic E-state index is -0.553. The van der Waals surface area contributed by atoms with Crippen LogP contribution in [0.15, 0.2) is 16.7 Å². The molecule has 1 atom stereocenters. The molecule has 0 aliphatic carbocycles. The van der Waals surface area contributed by atoms with Gasteiger partial charge in [-0.1, -0.05) is 0 Å². The first-order chi connectivity index (χ1) is 7.65. The fourth-order valence-electron chi connectivity index (χ4n) is 1.31. The van der Waals surface area contributed by atoms with E-state index in [4.69, 9.17) is 9.15 Å². The number of carbonyl (C=O) groups excluding carboxylic acids is 1. The maximum absolute atomic E-state index is 11.5. The smallest absolute Gasteiger partial charge is 0.287 e. The molecule has 5 nitrogen and oxygen atoms in total. The molecule has 0 spiro atoms. The number of aryl methyl sites for hydroxylation is 1. The molecule has 1 aromatic heterocycles. The molecule has 16 heavy (non-hydrogen) atoms. The number of carbonyl (C=O) groups is 1. The Morgan fingerprint density at radius 2 is 2.44 bits per heavy atom. The molecule has 0 aliphatic rings. The summed E-state index contributed by atoms with van der Waals surface area (Å²) in [6, 6.07) is 1.73. The summed E-state index contributed by atoms with van der Waals surface area (Å²) in [5, 5.41) is 12.0. The molecule has 0 saturated heterocycles. The number of hydrogen-bond acceptors (Lipinski definition) is 4. The summed E-state index contributed by atoms with van der Waals surface area (Å²) in [5.74, 6) is 0.0633. The van der Waals surface area contributed by atoms with E-state index in [2.05, 4.69) is 5.32 Å². The molecule has 0 saturated carbocycles. The van der Waals surface area contributed by atoms with Gasteiger partial charge >= 0.3 is 0 Å². The summed E-state index contributed by atoms with van der Waals surface area (Å²) in [7, 11) is 1.52. The van der Waals surface area contributed by atoms with Gasteiger partial charge in [-0.15, -0.1) is 0 Å². The average molecular weight is 227 g/mol. The number of furan rings is 1. The summed E-state index contributed by atoms with van der Waals surface area (Å²) >= 11 is 0. The van der Waals surface area contributed by atoms with E-state index in [0.29, 0.717) is 18.7 Å². The van der Waals surface area contributed by atoms with Crippen molar-refractivity contribution in [2.45, 2.75) is 19.4 Å². The number of methoxy groups -OCH3 is 1. The van der Waals surface area contributed by atoms with Gasteiger partial charge in [0, 0.05) is 19.2 Å². The fraction of sp³-hybridized carbons (Fsp3) is 0.545. The number of ether oxygens (including phenoxy) is 1. The van der Waals surface area contributed by atoms with Crippen LogP contribution in [0.3, 0.4) is 0 Å². The van der Waals surface area contributed by atoms with E-state index >= 15 is 0 Å². The standard InChI is InChI=1S/C11H17NO4/c1-8-4-6-16-10(8)11(14)12-5-3-9(13)7-15-2/h4,6,9,13H,3,5,7H2,1-2H3,(H,12,14). The van der Waals surface area contributed by atoms with Gasteiger partial charge in [0.1, 0.15) is 0 Å². The van der Waals surface area contributed by atoms with Gasteiger partial charge in [0.05, 0.1) is 19.0 Å². The van der Waals surface area contributed by atoms with Gasteiger partial charge in [-0.3, -0.25) is 4.79 Å². The molecule has 0 bridgehead atoms. The highest BCUT2D eigenvalue weighted by Gasteiger charge is 2.12. The van der Waals surface area contributed by atoms with Crippen LogP contribution in [0, 0.1) is 6.92 Å². The maximum Gasteiger partial charge on any atom is 0.287 e. The molecule has 0 fully saturated rings. The monoisotopic (exact) mass is 227 g/mol. The predicted octanol–water partition coefficient (Wildman–Crippen LogP) is 0.715. The van der Waals surface area contributed by atoms with E-state index in [-0.39, 0.29) is 12.5 Å². The maximum atomic E-state index is 11.5. The number of aliphatic hydroxyl groups is 1. The SMILES string of the molecule is COCC(O)CCNC(=O)c1occc1C. The third-order valence-electron chi connectivity index (χ3n) is 2.19. The van der Waals surface area contributed by atoms with E-state index in [1.54, 1.807) is 13.0 Å². The molecule has 1 unspecified atom stereocenters. The fourth-order valence-corrected chi connectivity index (χ4v) is 1.31. The van der Waals surface area contributed by atoms with Crippen molar-refractivity contribution >= 4 is 5.91 Å². The van der Waals surface area contributed by atoms with E-state index in [1.165, 1.54) is 13.4 Å². The molecule has 1 amide bonds. The van der Waals surface area contributed by atoms with E-state index in [1.807, 2.05) is 0 Å². The van der Waals surface area contributed by atoms with E-state index in [0.717, 1.165) is 5.56 Å². The van der Waals surface area contributed by atoms with Crippen molar-refractivity contribution in [2.75, 3.05) is 20.3 Å². The zero-order chi connectivity index (χ0) is 12.0. The van der Waals surface area contributed by atoms with Crippen molar-refractivity contribution in [3.8, 4) is 0 Å². The van der Waals surface area contributed by atoms with Gasteiger partial charge in [-0.25, -0.2) is 0 Å². The summed E-state index contributed by atoms with van der Waals surface area (Å²) in [5.41, 5.74) is 0.801. The largest absolute Gasteiger partial charge is 0.459 e. The van der Waals surface area contributed by atoms with Crippen LogP contribution in [0.4, 0.5) is 0 Å². The molecule has 0 radical (unpaired) electrons. The summed E-state index contributed by atoms with van der Waals surface area (Å²) in [6.45, 7) is 2.47. The first kappa shape index (κ1) is 12.7. The Kier molecular flexibility index (Phi) is 5.01. The highest BCUT2D eigenvalue weighted by atomic mass is 16.5. The lowest BCUT2D eigenvalue weighted by Crippen LogP contribution is -2.28. The van der Waals surface area contributed by atoms with Gasteiger partial charge in [-0.05, 0) is 19.4 Å². The zero-order valence-corrected chi connectivity index (χ0v) is 9.53. The normalized spacial score (nSPS) is 12.4. The molecule has 1 heterocycles. The molecule has 1 aromatic rings. The van der Waals surface area contributed by atoms with Crippen LogP contribution in [-0.4, -0.2) is 37.4 Å². The second kappa shape index (κ2) is 6.30. The van der Waals surface area contributed by atoms with Crippen molar-refractivity contribution in [1.29, 1.82) is 0 Å². The number of amides is 1. The molecule has 0 aromatic carbocycles. The third-order valence-corrected chi connectivity index (χ3v) is 2.19. The lowest BCUT2D eigenvalue weighted by atomic mass is 10.2. The first-order valence-electron chi connectivity index (χ1n) is 5.14. The van der Waals surface area contributed by atoms with Gasteiger partial charge in [0.25, 0.3) is 5.91 Å². The Hall–Kier alpha value is -1.33. The van der Waals surface area contributed by atoms with Crippen molar-refractivity contribution in [1.82, 2.24) is 5.32 Å². The summed E-state index contributed by atoms with van der Waals surface area (Å²) < 4.78 is 9.80. The minimum Gasteiger partial charge on any atom is -0.459 e. The van der Waals surface area contributed by atoms with Crippen molar-refractivity contribution in [2.24, 2.45) is 0 Å². The van der Waals surface area contributed by atoms with Crippen LogP contribution in [0.2, 0.25) is 0 Å². The topological polar surface area (TPSA) is 71.7 Å². The third kappa shape index (κ3) is 3.67. The molecular formula is C11H17NO4. The van der Waals surface area contributed by atoms with Gasteiger partial charge in [0.2, 0.25) is 0 Å². The number of aliphatic hydroxyl groups excluding tert-OH is 1. The zero-order valence-electron chi connectivity index (χ0n) is 9.53. The Labute approximate surface area is 94.4 Å². The Balaban J connectivity index is 2.29. The Morgan fingerprint density at radius 3 is 3.00 bits per heavy atom. The molecular weight excluding hydrogens is 210 g/mol. The van der Waals surface area contributed by atoms with Gasteiger partial charge in [0.15, 0.2) is 5.76 Å². The average Bonchev–Trinajstić information content (AvgIpc) is 2.64. The van der Waals surface area contributed by atoms with Crippen molar-refractivity contribution in [3.05, 3.63) is 23.7 Å². The van der Waals surface area contributed by atoms with Crippen LogP contribution in [0.25, 0.3) is 0 Å². The number of rotatable bonds is 6. The van der Waals surface area contributed by atoms with Crippen LogP contribution in [-0.2, 0) is 4.74 Å². The second-order valence-corrected chi connectivity index (χ2v) is 3.59. The Bertz CT molecular complexity index is 334. The van der Waals surface area contributed by atoms with Crippen LogP contribution in [0.5, 0.6) is 0 Å². The molecule has 0 aliphatic heterocycles. The lowest BCUT2D eigenvalue weighted by molar-refractivity contribution is 0.0586. The predicted molar refractivity (Wildman–Crippen MR) is 58.3 cm³/mol. The van der Waals surface area contributed by atoms with Crippen molar-refractivity contribution < 1.29 is 19.1 Å². The lowest BCUT2D eigenvalue weighted by Gasteiger charge is -2.09. The highest BCUT2D eigenvalue weighted by Crippen LogP contribution is 2.07. The summed E-state index contributed by atoms with van der Waals surface area (Å²) in [4.78, 5) is 11.5. The van der Waals surface area contributed by atoms with Crippen LogP contribution >= 0.6 is 0 Å². The number of hydrogen-bond donors (Lipinski definition) is 2.